The molecule has 2 spiro atoms. The SMILES string of the molecule is C=CCC1=CC2C(C3C=CC2(CC=C)C(=O)[C@]32CO2)[C@@]2(CO2)C1=O.C=CCc1cccc(CO)c1O.CO.[Na+].[O-][I+3]([O-])([O-])[O-]. The number of aromatic hydroxyl groups is 1. The molecule has 234 valence electrons. The van der Waals surface area contributed by atoms with Crippen LogP contribution < -0.4 is 63.4 Å². The molecule has 4 unspecified atom stereocenters. The summed E-state index contributed by atoms with van der Waals surface area (Å²) in [5.74, 6) is 0.269. The summed E-state index contributed by atoms with van der Waals surface area (Å²) >= 11 is -5.94. The van der Waals surface area contributed by atoms with Crippen LogP contribution in [0.2, 0.25) is 0 Å². The molecule has 2 heterocycles. The van der Waals surface area contributed by atoms with Crippen molar-refractivity contribution in [1.82, 2.24) is 0 Å². The van der Waals surface area contributed by atoms with E-state index in [2.05, 4.69) is 25.8 Å². The maximum atomic E-state index is 13.3. The van der Waals surface area contributed by atoms with E-state index in [0.29, 0.717) is 38.0 Å². The first-order valence-electron chi connectivity index (χ1n) is 13.4. The molecule has 44 heavy (non-hydrogen) atoms. The van der Waals surface area contributed by atoms with E-state index in [1.165, 1.54) is 0 Å². The third-order valence-corrected chi connectivity index (χ3v) is 8.41. The minimum absolute atomic E-state index is 0. The van der Waals surface area contributed by atoms with Crippen molar-refractivity contribution in [1.29, 1.82) is 0 Å². The van der Waals surface area contributed by atoms with E-state index in [1.807, 2.05) is 24.3 Å². The van der Waals surface area contributed by atoms with Gasteiger partial charge < -0.3 is 24.8 Å². The molecule has 3 fully saturated rings. The fourth-order valence-corrected chi connectivity index (χ4v) is 6.56. The number of hydrogen-bond acceptors (Lipinski definition) is 11. The average Bonchev–Trinajstić information content (AvgIpc) is 3.90. The van der Waals surface area contributed by atoms with Gasteiger partial charge in [-0.25, -0.2) is 0 Å². The zero-order valence-electron chi connectivity index (χ0n) is 24.8. The third kappa shape index (κ3) is 7.37. The number of carbonyl (C=O) groups excluding carboxylic acids is 2. The topological polar surface area (TPSA) is 212 Å². The van der Waals surface area contributed by atoms with Gasteiger partial charge in [-0.3, -0.25) is 23.3 Å². The van der Waals surface area contributed by atoms with E-state index in [0.717, 1.165) is 18.2 Å². The minimum Gasteiger partial charge on any atom is -0.507 e. The molecule has 2 aliphatic heterocycles. The van der Waals surface area contributed by atoms with E-state index in [-0.39, 0.29) is 71.2 Å². The number of Topliss-reactive ketones (excluding diaryl/α,β-unsaturated/α-hetero) is 2. The molecule has 7 rings (SSSR count). The molecular weight excluding hydrogens is 698 g/mol. The maximum absolute atomic E-state index is 13.3. The molecule has 0 aromatic heterocycles. The Kier molecular flexibility index (Phi) is 13.5. The summed E-state index contributed by atoms with van der Waals surface area (Å²) in [6, 6.07) is 5.32. The number of para-hydroxylation sites is 1. The van der Waals surface area contributed by atoms with Crippen molar-refractivity contribution in [2.45, 2.75) is 37.1 Å². The number of ketones is 2. The Morgan fingerprint density at radius 3 is 1.98 bits per heavy atom. The van der Waals surface area contributed by atoms with Crippen LogP contribution in [0.25, 0.3) is 0 Å². The fraction of sp³-hybridized carbons (Fsp3) is 0.419. The van der Waals surface area contributed by atoms with Gasteiger partial charge in [0.1, 0.15) is 25.8 Å². The van der Waals surface area contributed by atoms with Gasteiger partial charge in [0.15, 0.2) is 22.8 Å². The number of epoxide rings is 2. The van der Waals surface area contributed by atoms with Crippen LogP contribution in [0, 0.1) is 23.2 Å². The molecule has 0 amide bonds. The number of allylic oxidation sites excluding steroid dienone is 5. The van der Waals surface area contributed by atoms with Gasteiger partial charge in [0.25, 0.3) is 0 Å². The Morgan fingerprint density at radius 2 is 1.50 bits per heavy atom. The first-order chi connectivity index (χ1) is 20.3. The number of benzene rings is 1. The van der Waals surface area contributed by atoms with Crippen molar-refractivity contribution in [3.8, 4) is 5.75 Å². The first kappa shape index (κ1) is 38.7. The van der Waals surface area contributed by atoms with Gasteiger partial charge in [-0.15, -0.1) is 19.7 Å². The molecule has 13 heteroatoms. The first-order valence-corrected chi connectivity index (χ1v) is 16.9. The Morgan fingerprint density at radius 1 is 0.955 bits per heavy atom. The Hall–Kier alpha value is -1.53. The predicted molar refractivity (Wildman–Crippen MR) is 143 cm³/mol. The summed E-state index contributed by atoms with van der Waals surface area (Å²) in [7, 11) is 1.00. The van der Waals surface area contributed by atoms with Crippen LogP contribution in [-0.2, 0) is 32.1 Å². The maximum Gasteiger partial charge on any atom is 1.00 e. The van der Waals surface area contributed by atoms with Crippen molar-refractivity contribution in [2.75, 3.05) is 20.3 Å². The van der Waals surface area contributed by atoms with Crippen LogP contribution in [0.5, 0.6) is 5.75 Å². The number of phenols is 1. The van der Waals surface area contributed by atoms with Crippen molar-refractivity contribution >= 4 is 11.6 Å². The number of aliphatic hydroxyl groups excluding tert-OH is 2. The largest absolute Gasteiger partial charge is 1.00 e. The second kappa shape index (κ2) is 15.4. The fourth-order valence-electron chi connectivity index (χ4n) is 6.56. The molecule has 1 aromatic rings. The molecule has 1 saturated carbocycles. The summed E-state index contributed by atoms with van der Waals surface area (Å²) < 4.78 is 45.9. The number of aliphatic hydroxyl groups is 2. The van der Waals surface area contributed by atoms with Gasteiger partial charge in [-0.1, -0.05) is 54.7 Å². The molecule has 4 aliphatic carbocycles. The van der Waals surface area contributed by atoms with Crippen molar-refractivity contribution < 1.29 is 97.8 Å². The van der Waals surface area contributed by atoms with Gasteiger partial charge in [0, 0.05) is 30.4 Å². The molecule has 11 nitrogen and oxygen atoms in total. The zero-order chi connectivity index (χ0) is 32.2. The second-order valence-corrected chi connectivity index (χ2v) is 12.8. The second-order valence-electron chi connectivity index (χ2n) is 10.6. The molecule has 6 aliphatic rings. The number of halogens is 1. The molecule has 6 atom stereocenters. The van der Waals surface area contributed by atoms with Gasteiger partial charge in [0.05, 0.1) is 25.2 Å². The molecular formula is C31H36INaO11. The van der Waals surface area contributed by atoms with E-state index < -0.39 is 36.7 Å². The smallest absolute Gasteiger partial charge is 0.507 e. The van der Waals surface area contributed by atoms with Gasteiger partial charge >= 0.3 is 29.6 Å². The molecule has 0 radical (unpaired) electrons. The normalized spacial score (nSPS) is 31.4. The van der Waals surface area contributed by atoms with E-state index in [9.17, 15) is 14.7 Å². The van der Waals surface area contributed by atoms with Gasteiger partial charge in [0.2, 0.25) is 0 Å². The van der Waals surface area contributed by atoms with Crippen molar-refractivity contribution in [3.63, 3.8) is 0 Å². The van der Waals surface area contributed by atoms with Crippen molar-refractivity contribution in [2.24, 2.45) is 23.2 Å². The minimum atomic E-state index is -5.94. The summed E-state index contributed by atoms with van der Waals surface area (Å²) in [5, 5.41) is 25.3. The van der Waals surface area contributed by atoms with Crippen LogP contribution >= 0.6 is 0 Å². The van der Waals surface area contributed by atoms with Crippen LogP contribution in [0.4, 0.5) is 0 Å². The van der Waals surface area contributed by atoms with Gasteiger partial charge in [-0.2, -0.15) is 0 Å². The van der Waals surface area contributed by atoms with Gasteiger partial charge in [-0.05, 0) is 30.4 Å². The van der Waals surface area contributed by atoms with E-state index in [4.69, 9.17) is 33.4 Å². The number of hydrogen-bond donors (Lipinski definition) is 3. The van der Waals surface area contributed by atoms with Crippen LogP contribution in [0.1, 0.15) is 24.0 Å². The predicted octanol–water partition coefficient (Wildman–Crippen LogP) is -7.35. The van der Waals surface area contributed by atoms with Crippen LogP contribution in [0.3, 0.4) is 0 Å². The Balaban J connectivity index is 0.000000285. The standard InChI is InChI=1S/C20H20O4.C10H12O2.CH4O.IO4.Na/c1-3-5-12-9-14-15(20(11-24-20)16(12)21)13-6-8-18(14,7-4-2)17(22)19(13)10-23-19;1-2-4-8-5-3-6-9(7-11)10(8)12;1-2;2-1(3,4)5;/h3-4,6,8-9,13-15H,1-2,5,7,10-11H2;2-3,5-6,11-12H,1,4,7H2;2H,1H3;;/q;;;-1;+1/t13?,14?,15?,18?,19-,20-;;;;/m0..../s1. The molecule has 1 aromatic carbocycles. The molecule has 3 N–H and O–H groups in total. The van der Waals surface area contributed by atoms with Crippen LogP contribution in [0.15, 0.2) is 80.0 Å². The third-order valence-electron chi connectivity index (χ3n) is 8.41. The average molecular weight is 735 g/mol. The zero-order valence-corrected chi connectivity index (χ0v) is 28.9. The van der Waals surface area contributed by atoms with Crippen molar-refractivity contribution in [3.05, 3.63) is 91.1 Å². The summed E-state index contributed by atoms with van der Waals surface area (Å²) in [6.07, 6.45) is 13.1. The Labute approximate surface area is 284 Å². The monoisotopic (exact) mass is 734 g/mol. The quantitative estimate of drug-likeness (QED) is 0.104. The van der Waals surface area contributed by atoms with E-state index in [1.54, 1.807) is 24.3 Å². The number of ether oxygens (including phenoxy) is 2. The summed E-state index contributed by atoms with van der Waals surface area (Å²) in [6.45, 7) is 12.0. The Bertz CT molecular complexity index is 1300. The molecule has 2 saturated heterocycles. The molecule has 2 bridgehead atoms. The van der Waals surface area contributed by atoms with E-state index >= 15 is 0 Å². The number of rotatable bonds is 7. The summed E-state index contributed by atoms with van der Waals surface area (Å²) in [4.78, 5) is 26.3. The van der Waals surface area contributed by atoms with Crippen LogP contribution in [-0.4, -0.2) is 58.4 Å². The number of carbonyl (C=O) groups is 2. The summed E-state index contributed by atoms with van der Waals surface area (Å²) in [5.41, 5.74) is -0.0668.